The molecule has 2 aromatic rings. The number of unbranched alkanes of at least 4 members (excludes halogenated alkanes) is 1. The summed E-state index contributed by atoms with van der Waals surface area (Å²) in [6.07, 6.45) is 5.10. The van der Waals surface area contributed by atoms with E-state index in [1.807, 2.05) is 23.1 Å². The van der Waals surface area contributed by atoms with Crippen molar-refractivity contribution in [3.63, 3.8) is 0 Å². The molecule has 2 N–H and O–H groups in total. The number of hydrogen-bond donors (Lipinski definition) is 2. The maximum Gasteiger partial charge on any atom is 0.325 e. The van der Waals surface area contributed by atoms with Crippen molar-refractivity contribution >= 4 is 34.4 Å². The minimum Gasteiger partial charge on any atom is -0.480 e. The van der Waals surface area contributed by atoms with Gasteiger partial charge in [0.05, 0.1) is 19.8 Å². The Labute approximate surface area is 237 Å². The van der Waals surface area contributed by atoms with Gasteiger partial charge in [-0.15, -0.1) is 0 Å². The van der Waals surface area contributed by atoms with E-state index in [1.54, 1.807) is 0 Å². The van der Waals surface area contributed by atoms with Crippen molar-refractivity contribution in [2.45, 2.75) is 69.9 Å². The van der Waals surface area contributed by atoms with E-state index in [0.29, 0.717) is 45.8 Å². The smallest absolute Gasteiger partial charge is 0.325 e. The first-order chi connectivity index (χ1) is 18.5. The van der Waals surface area contributed by atoms with Crippen LogP contribution in [0.3, 0.4) is 0 Å². The third-order valence-corrected chi connectivity index (χ3v) is 8.64. The Kier molecular flexibility index (Phi) is 9.50. The van der Waals surface area contributed by atoms with Crippen molar-refractivity contribution in [1.82, 2.24) is 9.88 Å². The van der Waals surface area contributed by atoms with Crippen LogP contribution < -0.4 is 5.32 Å². The van der Waals surface area contributed by atoms with Gasteiger partial charge in [0.2, 0.25) is 0 Å². The number of hydrogen-bond acceptors (Lipinski definition) is 6. The van der Waals surface area contributed by atoms with E-state index < -0.39 is 18.2 Å². The van der Waals surface area contributed by atoms with Crippen molar-refractivity contribution in [3.8, 4) is 0 Å². The molecule has 5 rings (SSSR count). The highest BCUT2D eigenvalue weighted by Gasteiger charge is 2.37. The third-order valence-electron chi connectivity index (χ3n) is 7.97. The monoisotopic (exact) mass is 637 g/mol. The summed E-state index contributed by atoms with van der Waals surface area (Å²) in [4.78, 5) is 19.1. The summed E-state index contributed by atoms with van der Waals surface area (Å²) in [6, 6.07) is 9.32. The number of halogens is 2. The van der Waals surface area contributed by atoms with Gasteiger partial charge in [-0.2, -0.15) is 0 Å². The number of carboxylic acids is 1. The second kappa shape index (κ2) is 13.0. The molecule has 0 spiro atoms. The molecule has 3 aliphatic rings. The lowest BCUT2D eigenvalue weighted by molar-refractivity contribution is -0.143. The zero-order valence-electron chi connectivity index (χ0n) is 21.7. The van der Waals surface area contributed by atoms with Crippen LogP contribution in [0.5, 0.6) is 0 Å². The van der Waals surface area contributed by atoms with Gasteiger partial charge in [0.15, 0.2) is 0 Å². The van der Waals surface area contributed by atoms with E-state index in [9.17, 15) is 9.90 Å². The Morgan fingerprint density at radius 3 is 2.95 bits per heavy atom. The number of benzene rings is 1. The lowest BCUT2D eigenvalue weighted by Crippen LogP contribution is -2.36. The van der Waals surface area contributed by atoms with Crippen LogP contribution in [0.15, 0.2) is 30.3 Å². The Morgan fingerprint density at radius 2 is 2.16 bits per heavy atom. The first-order valence-corrected chi connectivity index (χ1v) is 14.9. The summed E-state index contributed by atoms with van der Waals surface area (Å²) in [5, 5.41) is 13.6. The molecule has 1 aromatic heterocycles. The summed E-state index contributed by atoms with van der Waals surface area (Å²) >= 11 is 2.21. The number of likely N-dealkylation sites (tertiary alicyclic amines) is 1. The lowest BCUT2D eigenvalue weighted by Gasteiger charge is -2.29. The van der Waals surface area contributed by atoms with Crippen LogP contribution in [0.1, 0.15) is 60.5 Å². The SMILES string of the molecule is O=C(O)C(c1cc(I)ccc1COC1COC1)N1CCC(C(F)CCCCc2ccc3c(n2)NCCC3)C1. The largest absolute Gasteiger partial charge is 0.480 e. The summed E-state index contributed by atoms with van der Waals surface area (Å²) in [6.45, 7) is 3.52. The molecule has 9 heteroatoms. The normalized spacial score (nSPS) is 21.4. The number of alkyl halides is 1. The van der Waals surface area contributed by atoms with Crippen molar-refractivity contribution in [1.29, 1.82) is 0 Å². The zero-order chi connectivity index (χ0) is 26.5. The number of nitrogens with one attached hydrogen (secondary N) is 1. The van der Waals surface area contributed by atoms with Crippen LogP contribution >= 0.6 is 22.6 Å². The van der Waals surface area contributed by atoms with Crippen LogP contribution in [-0.2, 0) is 33.7 Å². The molecule has 0 bridgehead atoms. The molecule has 0 amide bonds. The molecule has 0 aliphatic carbocycles. The number of anilines is 1. The average Bonchev–Trinajstić information content (AvgIpc) is 3.36. The molecule has 0 saturated carbocycles. The number of carbonyl (C=O) groups is 1. The summed E-state index contributed by atoms with van der Waals surface area (Å²) < 4.78 is 27.3. The highest BCUT2D eigenvalue weighted by Crippen LogP contribution is 2.34. The number of rotatable bonds is 12. The Hall–Kier alpha value is -1.82. The summed E-state index contributed by atoms with van der Waals surface area (Å²) in [5.41, 5.74) is 3.96. The Bertz CT molecular complexity index is 1120. The number of aliphatic carboxylic acids is 1. The fraction of sp³-hybridized carbons (Fsp3) is 0.586. The number of aromatic nitrogens is 1. The van der Waals surface area contributed by atoms with Crippen LogP contribution in [0.2, 0.25) is 0 Å². The zero-order valence-corrected chi connectivity index (χ0v) is 23.9. The molecule has 3 aliphatic heterocycles. The van der Waals surface area contributed by atoms with Crippen molar-refractivity contribution in [2.24, 2.45) is 5.92 Å². The van der Waals surface area contributed by atoms with Crippen LogP contribution in [0, 0.1) is 9.49 Å². The third kappa shape index (κ3) is 6.84. The molecule has 38 heavy (non-hydrogen) atoms. The van der Waals surface area contributed by atoms with E-state index >= 15 is 4.39 Å². The van der Waals surface area contributed by atoms with Gasteiger partial charge < -0.3 is 19.9 Å². The first-order valence-electron chi connectivity index (χ1n) is 13.8. The maximum atomic E-state index is 15.3. The molecular weight excluding hydrogens is 600 g/mol. The van der Waals surface area contributed by atoms with Crippen molar-refractivity contribution in [2.75, 3.05) is 38.2 Å². The quantitative estimate of drug-likeness (QED) is 0.246. The van der Waals surface area contributed by atoms with Crippen LogP contribution in [0.4, 0.5) is 10.2 Å². The van der Waals surface area contributed by atoms with Gasteiger partial charge in [-0.1, -0.05) is 18.6 Å². The lowest BCUT2D eigenvalue weighted by atomic mass is 9.97. The molecule has 1 aromatic carbocycles. The number of aryl methyl sites for hydroxylation is 2. The second-order valence-corrected chi connectivity index (χ2v) is 11.9. The highest BCUT2D eigenvalue weighted by atomic mass is 127. The topological polar surface area (TPSA) is 83.9 Å². The molecule has 0 radical (unpaired) electrons. The van der Waals surface area contributed by atoms with Gasteiger partial charge in [-0.3, -0.25) is 9.69 Å². The van der Waals surface area contributed by atoms with Gasteiger partial charge in [-0.25, -0.2) is 9.37 Å². The minimum atomic E-state index is -0.926. The van der Waals surface area contributed by atoms with Crippen molar-refractivity contribution < 1.29 is 23.8 Å². The van der Waals surface area contributed by atoms with Gasteiger partial charge in [0.25, 0.3) is 0 Å². The predicted octanol–water partition coefficient (Wildman–Crippen LogP) is 5.16. The van der Waals surface area contributed by atoms with E-state index in [2.05, 4.69) is 40.0 Å². The van der Waals surface area contributed by atoms with Gasteiger partial charge in [0.1, 0.15) is 24.1 Å². The standard InChI is InChI=1S/C29H37FIN3O4/c30-26(6-2-1-5-23-10-8-19-4-3-12-32-28(19)33-23)20-11-13-34(15-20)27(29(35)36)25-14-22(31)9-7-21(25)16-38-24-17-37-18-24/h7-10,14,20,24,26-27H,1-6,11-13,15-18H2,(H,32,33)(H,35,36). The molecule has 3 atom stereocenters. The molecule has 3 unspecified atom stereocenters. The number of fused-ring (bicyclic) bond motifs is 1. The Balaban J connectivity index is 1.14. The van der Waals surface area contributed by atoms with Crippen LogP contribution in [0.25, 0.3) is 0 Å². The van der Waals surface area contributed by atoms with Gasteiger partial charge in [-0.05, 0) is 103 Å². The molecule has 2 fully saturated rings. The number of pyridine rings is 1. The maximum absolute atomic E-state index is 15.3. The van der Waals surface area contributed by atoms with E-state index in [-0.39, 0.29) is 12.0 Å². The fourth-order valence-corrected chi connectivity index (χ4v) is 6.21. The predicted molar refractivity (Wildman–Crippen MR) is 152 cm³/mol. The molecule has 7 nitrogen and oxygen atoms in total. The van der Waals surface area contributed by atoms with E-state index in [4.69, 9.17) is 14.5 Å². The Morgan fingerprint density at radius 1 is 1.29 bits per heavy atom. The number of ether oxygens (including phenoxy) is 2. The van der Waals surface area contributed by atoms with Crippen molar-refractivity contribution in [3.05, 3.63) is 56.3 Å². The molecular formula is C29H37FIN3O4. The summed E-state index contributed by atoms with van der Waals surface area (Å²) in [5.74, 6) is -0.0307. The van der Waals surface area contributed by atoms with E-state index in [1.165, 1.54) is 5.56 Å². The van der Waals surface area contributed by atoms with E-state index in [0.717, 1.165) is 64.9 Å². The first kappa shape index (κ1) is 27.7. The van der Waals surface area contributed by atoms with Gasteiger partial charge in [0, 0.05) is 28.3 Å². The summed E-state index contributed by atoms with van der Waals surface area (Å²) in [7, 11) is 0. The minimum absolute atomic E-state index is 0.0635. The average molecular weight is 638 g/mol. The van der Waals surface area contributed by atoms with Gasteiger partial charge >= 0.3 is 5.97 Å². The molecule has 206 valence electrons. The fourth-order valence-electron chi connectivity index (χ4n) is 5.69. The highest BCUT2D eigenvalue weighted by molar-refractivity contribution is 14.1. The second-order valence-electron chi connectivity index (χ2n) is 10.7. The van der Waals surface area contributed by atoms with Crippen LogP contribution in [-0.4, -0.2) is 66.1 Å². The molecule has 4 heterocycles. The molecule has 2 saturated heterocycles. The number of carboxylic acid groups (broad SMARTS) is 1. The number of nitrogens with zero attached hydrogens (tertiary/aromatic N) is 2.